The molecule has 0 spiro atoms. The normalized spacial score (nSPS) is 23.9. The maximum Gasteiger partial charge on any atom is 0.0620 e. The molecule has 0 saturated carbocycles. The van der Waals surface area contributed by atoms with Gasteiger partial charge in [-0.15, -0.1) is 0 Å². The molecule has 1 aromatic rings. The number of ether oxygens (including phenoxy) is 1. The Morgan fingerprint density at radius 1 is 1.67 bits per heavy atom. The second kappa shape index (κ2) is 5.30. The number of hydrogen-bond donors (Lipinski definition) is 3. The molecule has 1 saturated heterocycles. The van der Waals surface area contributed by atoms with Gasteiger partial charge in [-0.05, 0) is 25.6 Å². The van der Waals surface area contributed by atoms with Gasteiger partial charge in [0.2, 0.25) is 0 Å². The molecule has 2 rings (SSSR count). The van der Waals surface area contributed by atoms with Gasteiger partial charge in [0.25, 0.3) is 0 Å². The van der Waals surface area contributed by atoms with Crippen molar-refractivity contribution in [2.24, 2.45) is 0 Å². The van der Waals surface area contributed by atoms with Crippen LogP contribution in [0, 0.1) is 0 Å². The summed E-state index contributed by atoms with van der Waals surface area (Å²) in [7, 11) is 2.00. The monoisotopic (exact) mass is 209 g/mol. The van der Waals surface area contributed by atoms with E-state index in [1.54, 1.807) is 0 Å². The Labute approximate surface area is 90.4 Å². The highest BCUT2D eigenvalue weighted by molar-refractivity contribution is 5.09. The van der Waals surface area contributed by atoms with E-state index in [-0.39, 0.29) is 0 Å². The molecule has 2 unspecified atom stereocenters. The minimum absolute atomic E-state index is 0.374. The van der Waals surface area contributed by atoms with Crippen LogP contribution in [0.3, 0.4) is 0 Å². The lowest BCUT2D eigenvalue weighted by Gasteiger charge is -2.27. The molecule has 15 heavy (non-hydrogen) atoms. The lowest BCUT2D eigenvalue weighted by atomic mass is 10.0. The zero-order chi connectivity index (χ0) is 10.5. The third-order valence-electron chi connectivity index (χ3n) is 2.86. The second-order valence-electron chi connectivity index (χ2n) is 3.93. The Hall–Kier alpha value is -0.840. The van der Waals surface area contributed by atoms with Gasteiger partial charge in [-0.25, -0.2) is 0 Å². The lowest BCUT2D eigenvalue weighted by molar-refractivity contribution is 0.0707. The fourth-order valence-corrected chi connectivity index (χ4v) is 2.02. The van der Waals surface area contributed by atoms with E-state index in [1.807, 2.05) is 19.3 Å². The molecule has 3 N–H and O–H groups in total. The topological polar surface area (TPSA) is 49.1 Å². The summed E-state index contributed by atoms with van der Waals surface area (Å²) < 4.78 is 5.44. The van der Waals surface area contributed by atoms with Crippen LogP contribution in [0.25, 0.3) is 0 Å². The Kier molecular flexibility index (Phi) is 3.77. The Bertz CT molecular complexity index is 267. The van der Waals surface area contributed by atoms with Crippen LogP contribution in [0.1, 0.15) is 18.2 Å². The van der Waals surface area contributed by atoms with Crippen molar-refractivity contribution in [3.05, 3.63) is 24.0 Å². The van der Waals surface area contributed by atoms with Gasteiger partial charge in [0.1, 0.15) is 0 Å². The van der Waals surface area contributed by atoms with E-state index in [1.165, 1.54) is 5.69 Å². The van der Waals surface area contributed by atoms with Gasteiger partial charge in [-0.2, -0.15) is 0 Å². The number of hydrogen-bond acceptors (Lipinski definition) is 3. The fourth-order valence-electron chi connectivity index (χ4n) is 2.02. The zero-order valence-electron chi connectivity index (χ0n) is 9.12. The minimum Gasteiger partial charge on any atom is -0.379 e. The predicted molar refractivity (Wildman–Crippen MR) is 59.8 cm³/mol. The Balaban J connectivity index is 1.90. The number of H-pyrrole nitrogens is 1. The summed E-state index contributed by atoms with van der Waals surface area (Å²) in [6.45, 7) is 2.62. The van der Waals surface area contributed by atoms with Crippen LogP contribution >= 0.6 is 0 Å². The smallest absolute Gasteiger partial charge is 0.0620 e. The molecule has 2 heterocycles. The molecule has 1 aliphatic rings. The summed E-state index contributed by atoms with van der Waals surface area (Å²) in [6.07, 6.45) is 3.02. The highest BCUT2D eigenvalue weighted by Crippen LogP contribution is 2.17. The molecule has 84 valence electrons. The summed E-state index contributed by atoms with van der Waals surface area (Å²) in [6, 6.07) is 4.98. The molecule has 1 aromatic heterocycles. The van der Waals surface area contributed by atoms with Crippen molar-refractivity contribution in [2.45, 2.75) is 18.5 Å². The van der Waals surface area contributed by atoms with E-state index < -0.39 is 0 Å². The fraction of sp³-hybridized carbons (Fsp3) is 0.636. The average molecular weight is 209 g/mol. The number of rotatable bonds is 4. The van der Waals surface area contributed by atoms with Gasteiger partial charge in [-0.3, -0.25) is 0 Å². The summed E-state index contributed by atoms with van der Waals surface area (Å²) in [5, 5.41) is 6.79. The standard InChI is InChI=1S/C11H19N3O/c1-12-11(10-3-2-4-14-10)7-9-8-15-6-5-13-9/h2-4,9,11-14H,5-8H2,1H3. The van der Waals surface area contributed by atoms with Crippen LogP contribution < -0.4 is 10.6 Å². The number of aromatic amines is 1. The van der Waals surface area contributed by atoms with Gasteiger partial charge >= 0.3 is 0 Å². The molecule has 2 atom stereocenters. The summed E-state index contributed by atoms with van der Waals surface area (Å²) in [4.78, 5) is 3.25. The van der Waals surface area contributed by atoms with Gasteiger partial charge in [0.15, 0.2) is 0 Å². The van der Waals surface area contributed by atoms with Crippen LogP contribution in [0.5, 0.6) is 0 Å². The first kappa shape index (κ1) is 10.7. The lowest BCUT2D eigenvalue weighted by Crippen LogP contribution is -2.43. The maximum absolute atomic E-state index is 5.44. The van der Waals surface area contributed by atoms with Crippen molar-refractivity contribution in [1.82, 2.24) is 15.6 Å². The van der Waals surface area contributed by atoms with Gasteiger partial charge in [0, 0.05) is 30.5 Å². The molecular weight excluding hydrogens is 190 g/mol. The first-order chi connectivity index (χ1) is 7.40. The number of morpholine rings is 1. The largest absolute Gasteiger partial charge is 0.379 e. The van der Waals surface area contributed by atoms with E-state index in [2.05, 4.69) is 21.7 Å². The van der Waals surface area contributed by atoms with Crippen LogP contribution in [0.15, 0.2) is 18.3 Å². The van der Waals surface area contributed by atoms with Crippen molar-refractivity contribution < 1.29 is 4.74 Å². The van der Waals surface area contributed by atoms with Crippen molar-refractivity contribution in [1.29, 1.82) is 0 Å². The second-order valence-corrected chi connectivity index (χ2v) is 3.93. The van der Waals surface area contributed by atoms with Crippen LogP contribution in [0.2, 0.25) is 0 Å². The van der Waals surface area contributed by atoms with E-state index in [4.69, 9.17) is 4.74 Å². The first-order valence-electron chi connectivity index (χ1n) is 5.52. The quantitative estimate of drug-likeness (QED) is 0.682. The molecule has 0 aromatic carbocycles. The average Bonchev–Trinajstić information content (AvgIpc) is 2.81. The molecule has 0 aliphatic carbocycles. The van der Waals surface area contributed by atoms with E-state index in [0.717, 1.165) is 26.2 Å². The third-order valence-corrected chi connectivity index (χ3v) is 2.86. The van der Waals surface area contributed by atoms with Crippen LogP contribution in [0.4, 0.5) is 0 Å². The SMILES string of the molecule is CNC(CC1COCCN1)c1ccc[nH]1. The summed E-state index contributed by atoms with van der Waals surface area (Å²) in [5.41, 5.74) is 1.24. The van der Waals surface area contributed by atoms with E-state index in [0.29, 0.717) is 12.1 Å². The molecule has 1 aliphatic heterocycles. The van der Waals surface area contributed by atoms with Gasteiger partial charge in [0.05, 0.1) is 13.2 Å². The minimum atomic E-state index is 0.374. The molecule has 0 amide bonds. The van der Waals surface area contributed by atoms with Crippen LogP contribution in [-0.4, -0.2) is 37.8 Å². The van der Waals surface area contributed by atoms with E-state index in [9.17, 15) is 0 Å². The van der Waals surface area contributed by atoms with Crippen molar-refractivity contribution in [3.8, 4) is 0 Å². The molecule has 1 fully saturated rings. The van der Waals surface area contributed by atoms with Crippen molar-refractivity contribution in [3.63, 3.8) is 0 Å². The first-order valence-corrected chi connectivity index (χ1v) is 5.52. The highest BCUT2D eigenvalue weighted by atomic mass is 16.5. The van der Waals surface area contributed by atoms with Gasteiger partial charge in [-0.1, -0.05) is 0 Å². The molecule has 4 nitrogen and oxygen atoms in total. The summed E-state index contributed by atoms with van der Waals surface area (Å²) in [5.74, 6) is 0. The van der Waals surface area contributed by atoms with Gasteiger partial charge < -0.3 is 20.4 Å². The summed E-state index contributed by atoms with van der Waals surface area (Å²) >= 11 is 0. The number of aromatic nitrogens is 1. The predicted octanol–water partition coefficient (Wildman–Crippen LogP) is 0.654. The van der Waals surface area contributed by atoms with E-state index >= 15 is 0 Å². The zero-order valence-corrected chi connectivity index (χ0v) is 9.12. The molecular formula is C11H19N3O. The maximum atomic E-state index is 5.44. The Morgan fingerprint density at radius 2 is 2.60 bits per heavy atom. The molecule has 0 radical (unpaired) electrons. The number of nitrogens with one attached hydrogen (secondary N) is 3. The van der Waals surface area contributed by atoms with Crippen molar-refractivity contribution in [2.75, 3.05) is 26.8 Å². The van der Waals surface area contributed by atoms with Crippen molar-refractivity contribution >= 4 is 0 Å². The van der Waals surface area contributed by atoms with Crippen LogP contribution in [-0.2, 0) is 4.74 Å². The molecule has 0 bridgehead atoms. The Morgan fingerprint density at radius 3 is 3.20 bits per heavy atom. The third kappa shape index (κ3) is 2.81. The molecule has 4 heteroatoms. The highest BCUT2D eigenvalue weighted by Gasteiger charge is 2.19.